The van der Waals surface area contributed by atoms with E-state index in [0.29, 0.717) is 12.4 Å². The quantitative estimate of drug-likeness (QED) is 0.309. The molecule has 144 valence electrons. The second-order valence-corrected chi connectivity index (χ2v) is 7.17. The van der Waals surface area contributed by atoms with Crippen LogP contribution in [0.2, 0.25) is 0 Å². The molecule has 0 bridgehead atoms. The normalized spacial score (nSPS) is 11.1. The van der Waals surface area contributed by atoms with Gasteiger partial charge in [0, 0.05) is 31.1 Å². The Hall–Kier alpha value is -1.87. The van der Waals surface area contributed by atoms with E-state index in [-0.39, 0.29) is 24.0 Å². The van der Waals surface area contributed by atoms with Crippen molar-refractivity contribution in [1.29, 1.82) is 0 Å². The molecule has 0 saturated carbocycles. The maximum atomic E-state index is 5.86. The molecule has 0 saturated heterocycles. The average Bonchev–Trinajstić information content (AvgIpc) is 3.33. The number of likely N-dealkylation sites (N-methyl/N-ethyl adjacent to an activating group) is 1. The summed E-state index contributed by atoms with van der Waals surface area (Å²) in [5, 5.41) is 5.42. The van der Waals surface area contributed by atoms with E-state index in [1.54, 1.807) is 24.6 Å². The van der Waals surface area contributed by atoms with Gasteiger partial charge in [0.1, 0.15) is 0 Å². The van der Waals surface area contributed by atoms with Gasteiger partial charge in [0.25, 0.3) is 0 Å². The van der Waals surface area contributed by atoms with E-state index in [2.05, 4.69) is 56.8 Å². The topological polar surface area (TPSA) is 53.7 Å². The van der Waals surface area contributed by atoms with Crippen molar-refractivity contribution in [2.75, 3.05) is 20.6 Å². The van der Waals surface area contributed by atoms with E-state index in [1.165, 1.54) is 10.4 Å². The SMILES string of the molecule is CN=C(NCc1ncc(-c2ccc(C)cc2)o1)N(C)CCc1cccs1.I. The van der Waals surface area contributed by atoms with Crippen molar-refractivity contribution < 1.29 is 4.42 Å². The third kappa shape index (κ3) is 6.07. The lowest BCUT2D eigenvalue weighted by Gasteiger charge is -2.21. The van der Waals surface area contributed by atoms with Crippen molar-refractivity contribution >= 4 is 41.3 Å². The van der Waals surface area contributed by atoms with Crippen LogP contribution >= 0.6 is 35.3 Å². The Labute approximate surface area is 181 Å². The number of nitrogens with zero attached hydrogens (tertiary/aromatic N) is 3. The molecule has 0 aliphatic carbocycles. The van der Waals surface area contributed by atoms with Crippen molar-refractivity contribution in [3.63, 3.8) is 0 Å². The highest BCUT2D eigenvalue weighted by Crippen LogP contribution is 2.20. The van der Waals surface area contributed by atoms with E-state index in [0.717, 1.165) is 30.2 Å². The van der Waals surface area contributed by atoms with Crippen LogP contribution in [0.3, 0.4) is 0 Å². The lowest BCUT2D eigenvalue weighted by atomic mass is 10.1. The van der Waals surface area contributed by atoms with Crippen LogP contribution in [-0.4, -0.2) is 36.5 Å². The average molecular weight is 496 g/mol. The number of hydrogen-bond donors (Lipinski definition) is 1. The number of halogens is 1. The first-order valence-electron chi connectivity index (χ1n) is 8.61. The summed E-state index contributed by atoms with van der Waals surface area (Å²) in [5.74, 6) is 2.26. The van der Waals surface area contributed by atoms with Gasteiger partial charge in [-0.25, -0.2) is 4.98 Å². The molecule has 5 nitrogen and oxygen atoms in total. The van der Waals surface area contributed by atoms with Gasteiger partial charge < -0.3 is 14.6 Å². The summed E-state index contributed by atoms with van der Waals surface area (Å²) in [7, 11) is 3.83. The summed E-state index contributed by atoms with van der Waals surface area (Å²) in [6.45, 7) is 3.47. The zero-order valence-corrected chi connectivity index (χ0v) is 19.0. The van der Waals surface area contributed by atoms with Crippen LogP contribution in [0.5, 0.6) is 0 Å². The summed E-state index contributed by atoms with van der Waals surface area (Å²) in [4.78, 5) is 12.2. The molecule has 0 amide bonds. The smallest absolute Gasteiger partial charge is 0.214 e. The van der Waals surface area contributed by atoms with Gasteiger partial charge in [0.15, 0.2) is 11.7 Å². The van der Waals surface area contributed by atoms with Crippen molar-refractivity contribution in [1.82, 2.24) is 15.2 Å². The number of benzene rings is 1. The van der Waals surface area contributed by atoms with Gasteiger partial charge in [-0.2, -0.15) is 0 Å². The highest BCUT2D eigenvalue weighted by molar-refractivity contribution is 14.0. The van der Waals surface area contributed by atoms with Crippen LogP contribution < -0.4 is 5.32 Å². The van der Waals surface area contributed by atoms with E-state index in [1.807, 2.05) is 19.2 Å². The molecule has 0 fully saturated rings. The molecule has 0 radical (unpaired) electrons. The molecule has 3 rings (SSSR count). The van der Waals surface area contributed by atoms with Crippen LogP contribution in [0.4, 0.5) is 0 Å². The summed E-state index contributed by atoms with van der Waals surface area (Å²) >= 11 is 1.78. The van der Waals surface area contributed by atoms with Crippen LogP contribution in [0.15, 0.2) is 57.4 Å². The minimum atomic E-state index is 0. The van der Waals surface area contributed by atoms with Gasteiger partial charge in [0.05, 0.1) is 12.7 Å². The van der Waals surface area contributed by atoms with E-state index in [9.17, 15) is 0 Å². The van der Waals surface area contributed by atoms with Gasteiger partial charge in [-0.3, -0.25) is 4.99 Å². The standard InChI is InChI=1S/C20H24N4OS.HI/c1-15-6-8-16(9-7-15)18-13-22-19(25-18)14-23-20(21-2)24(3)11-10-17-5-4-12-26-17;/h4-9,12-13H,10-11,14H2,1-3H3,(H,21,23);1H. The number of nitrogens with one attached hydrogen (secondary N) is 1. The van der Waals surface area contributed by atoms with Crippen LogP contribution in [0.25, 0.3) is 11.3 Å². The molecular formula is C20H25IN4OS. The van der Waals surface area contributed by atoms with E-state index < -0.39 is 0 Å². The van der Waals surface area contributed by atoms with Crippen molar-refractivity contribution in [3.8, 4) is 11.3 Å². The summed E-state index contributed by atoms with van der Waals surface area (Å²) in [6.07, 6.45) is 2.77. The van der Waals surface area contributed by atoms with Crippen molar-refractivity contribution in [3.05, 3.63) is 64.3 Å². The van der Waals surface area contributed by atoms with Crippen molar-refractivity contribution in [2.24, 2.45) is 4.99 Å². The van der Waals surface area contributed by atoms with Crippen LogP contribution in [-0.2, 0) is 13.0 Å². The molecule has 0 spiro atoms. The van der Waals surface area contributed by atoms with Gasteiger partial charge in [0.2, 0.25) is 5.89 Å². The Morgan fingerprint density at radius 2 is 2.04 bits per heavy atom. The number of rotatable bonds is 6. The Bertz CT molecular complexity index is 843. The molecule has 1 N–H and O–H groups in total. The third-order valence-electron chi connectivity index (χ3n) is 4.13. The first-order chi connectivity index (χ1) is 12.7. The molecule has 7 heteroatoms. The minimum Gasteiger partial charge on any atom is -0.439 e. The number of thiophene rings is 1. The fraction of sp³-hybridized carbons (Fsp3) is 0.300. The Kier molecular flexibility index (Phi) is 8.30. The molecule has 3 aromatic rings. The van der Waals surface area contributed by atoms with Crippen LogP contribution in [0.1, 0.15) is 16.3 Å². The highest BCUT2D eigenvalue weighted by Gasteiger charge is 2.10. The monoisotopic (exact) mass is 496 g/mol. The van der Waals surface area contributed by atoms with Gasteiger partial charge in [-0.1, -0.05) is 35.9 Å². The van der Waals surface area contributed by atoms with Gasteiger partial charge in [-0.05, 0) is 24.8 Å². The van der Waals surface area contributed by atoms with Crippen LogP contribution in [0, 0.1) is 6.92 Å². The highest BCUT2D eigenvalue weighted by atomic mass is 127. The molecule has 2 aromatic heterocycles. The summed E-state index contributed by atoms with van der Waals surface area (Å²) in [6, 6.07) is 12.5. The van der Waals surface area contributed by atoms with Gasteiger partial charge >= 0.3 is 0 Å². The maximum Gasteiger partial charge on any atom is 0.214 e. The zero-order valence-electron chi connectivity index (χ0n) is 15.8. The molecule has 2 heterocycles. The predicted octanol–water partition coefficient (Wildman–Crippen LogP) is 4.58. The van der Waals surface area contributed by atoms with E-state index in [4.69, 9.17) is 4.42 Å². The van der Waals surface area contributed by atoms with Crippen molar-refractivity contribution in [2.45, 2.75) is 19.9 Å². The summed E-state index contributed by atoms with van der Waals surface area (Å²) < 4.78 is 5.86. The fourth-order valence-electron chi connectivity index (χ4n) is 2.62. The second-order valence-electron chi connectivity index (χ2n) is 6.14. The number of aryl methyl sites for hydroxylation is 1. The lowest BCUT2D eigenvalue weighted by Crippen LogP contribution is -2.39. The summed E-state index contributed by atoms with van der Waals surface area (Å²) in [5.41, 5.74) is 2.26. The number of guanidine groups is 1. The molecule has 0 aliphatic heterocycles. The lowest BCUT2D eigenvalue weighted by molar-refractivity contribution is 0.463. The number of aromatic nitrogens is 1. The Morgan fingerprint density at radius 3 is 2.70 bits per heavy atom. The maximum absolute atomic E-state index is 5.86. The number of aliphatic imine (C=N–C) groups is 1. The molecule has 0 unspecified atom stereocenters. The minimum absolute atomic E-state index is 0. The zero-order chi connectivity index (χ0) is 18.4. The first kappa shape index (κ1) is 21.4. The predicted molar refractivity (Wildman–Crippen MR) is 123 cm³/mol. The molecule has 0 atom stereocenters. The second kappa shape index (κ2) is 10.5. The first-order valence-corrected chi connectivity index (χ1v) is 9.49. The molecule has 1 aromatic carbocycles. The molecule has 27 heavy (non-hydrogen) atoms. The largest absolute Gasteiger partial charge is 0.439 e. The number of oxazole rings is 1. The van der Waals surface area contributed by atoms with E-state index >= 15 is 0 Å². The molecule has 0 aliphatic rings. The number of hydrogen-bond acceptors (Lipinski definition) is 4. The Morgan fingerprint density at radius 1 is 1.26 bits per heavy atom. The molecular weight excluding hydrogens is 471 g/mol. The van der Waals surface area contributed by atoms with Gasteiger partial charge in [-0.15, -0.1) is 35.3 Å². The fourth-order valence-corrected chi connectivity index (χ4v) is 3.32. The third-order valence-corrected chi connectivity index (χ3v) is 5.07. The Balaban J connectivity index is 0.00000261.